The Morgan fingerprint density at radius 2 is 1.96 bits per heavy atom. The molecule has 138 valence electrons. The molecule has 0 aliphatic rings. The van der Waals surface area contributed by atoms with Gasteiger partial charge in [-0.05, 0) is 49.2 Å². The van der Waals surface area contributed by atoms with Gasteiger partial charge in [-0.15, -0.1) is 0 Å². The zero-order valence-electron chi connectivity index (χ0n) is 15.0. The molecule has 7 heteroatoms. The lowest BCUT2D eigenvalue weighted by Gasteiger charge is -2.07. The molecule has 0 saturated heterocycles. The maximum atomic E-state index is 11.9. The maximum absolute atomic E-state index is 11.9. The van der Waals surface area contributed by atoms with Crippen LogP contribution in [0.1, 0.15) is 17.8 Å². The van der Waals surface area contributed by atoms with E-state index in [0.717, 1.165) is 35.4 Å². The first-order chi connectivity index (χ1) is 13.0. The Morgan fingerprint density at radius 3 is 2.70 bits per heavy atom. The molecule has 1 N–H and O–H groups in total. The maximum Gasteiger partial charge on any atom is 0.269 e. The van der Waals surface area contributed by atoms with E-state index in [1.807, 2.05) is 31.2 Å². The van der Waals surface area contributed by atoms with Crippen molar-refractivity contribution in [1.82, 2.24) is 14.9 Å². The predicted octanol–water partition coefficient (Wildman–Crippen LogP) is 3.47. The van der Waals surface area contributed by atoms with E-state index in [-0.39, 0.29) is 11.6 Å². The summed E-state index contributed by atoms with van der Waals surface area (Å²) in [5.74, 6) is 0.765. The van der Waals surface area contributed by atoms with Gasteiger partial charge in [-0.1, -0.05) is 12.1 Å². The fourth-order valence-corrected chi connectivity index (χ4v) is 2.86. The van der Waals surface area contributed by atoms with Gasteiger partial charge in [0.25, 0.3) is 5.69 Å². The van der Waals surface area contributed by atoms with Crippen molar-refractivity contribution in [3.63, 3.8) is 0 Å². The van der Waals surface area contributed by atoms with E-state index < -0.39 is 4.92 Å². The van der Waals surface area contributed by atoms with E-state index in [0.29, 0.717) is 6.54 Å². The normalized spacial score (nSPS) is 11.1. The zero-order chi connectivity index (χ0) is 19.2. The topological polar surface area (TPSA) is 90.1 Å². The third kappa shape index (κ3) is 4.58. The highest BCUT2D eigenvalue weighted by Crippen LogP contribution is 2.15. The summed E-state index contributed by atoms with van der Waals surface area (Å²) in [6.07, 6.45) is 3.85. The van der Waals surface area contributed by atoms with Gasteiger partial charge in [-0.2, -0.15) is 0 Å². The first-order valence-corrected chi connectivity index (χ1v) is 8.67. The number of hydrogen-bond acceptors (Lipinski definition) is 4. The van der Waals surface area contributed by atoms with Crippen LogP contribution in [0.2, 0.25) is 0 Å². The minimum absolute atomic E-state index is 0.0268. The van der Waals surface area contributed by atoms with Crippen molar-refractivity contribution in [2.24, 2.45) is 0 Å². The fourth-order valence-electron chi connectivity index (χ4n) is 2.86. The predicted molar refractivity (Wildman–Crippen MR) is 104 cm³/mol. The molecule has 2 aromatic carbocycles. The first kappa shape index (κ1) is 18.3. The van der Waals surface area contributed by atoms with Gasteiger partial charge >= 0.3 is 0 Å². The van der Waals surface area contributed by atoms with Crippen LogP contribution in [-0.4, -0.2) is 26.9 Å². The monoisotopic (exact) mass is 364 g/mol. The largest absolute Gasteiger partial charge is 0.352 e. The van der Waals surface area contributed by atoms with Crippen LogP contribution in [0.15, 0.2) is 54.6 Å². The molecule has 0 aliphatic heterocycles. The molecule has 0 spiro atoms. The zero-order valence-corrected chi connectivity index (χ0v) is 15.0. The van der Waals surface area contributed by atoms with Crippen LogP contribution < -0.4 is 5.32 Å². The van der Waals surface area contributed by atoms with Crippen molar-refractivity contribution in [2.75, 3.05) is 6.54 Å². The SMILES string of the molecule is Cc1nc2ccccc2n1CCCNC(=O)/C=C/c1ccc([N+](=O)[O-])cc1. The number of rotatable bonds is 7. The second kappa shape index (κ2) is 8.27. The van der Waals surface area contributed by atoms with Gasteiger partial charge in [-0.3, -0.25) is 14.9 Å². The molecule has 3 rings (SSSR count). The average Bonchev–Trinajstić information content (AvgIpc) is 2.99. The van der Waals surface area contributed by atoms with E-state index in [2.05, 4.69) is 14.9 Å². The summed E-state index contributed by atoms with van der Waals surface area (Å²) < 4.78 is 2.15. The lowest BCUT2D eigenvalue weighted by molar-refractivity contribution is -0.384. The van der Waals surface area contributed by atoms with Gasteiger partial charge in [0.05, 0.1) is 16.0 Å². The van der Waals surface area contributed by atoms with Crippen molar-refractivity contribution < 1.29 is 9.72 Å². The van der Waals surface area contributed by atoms with Crippen molar-refractivity contribution in [3.8, 4) is 0 Å². The molecule has 0 saturated carbocycles. The van der Waals surface area contributed by atoms with Crippen molar-refractivity contribution in [3.05, 3.63) is 76.1 Å². The quantitative estimate of drug-likeness (QED) is 0.301. The number of amides is 1. The van der Waals surface area contributed by atoms with Gasteiger partial charge in [0.15, 0.2) is 0 Å². The Bertz CT molecular complexity index is 990. The van der Waals surface area contributed by atoms with Gasteiger partial charge in [0.1, 0.15) is 5.82 Å². The Kier molecular flexibility index (Phi) is 5.61. The number of nitro benzene ring substituents is 1. The van der Waals surface area contributed by atoms with Gasteiger partial charge < -0.3 is 9.88 Å². The molecular formula is C20H20N4O3. The van der Waals surface area contributed by atoms with Crippen LogP contribution in [0.25, 0.3) is 17.1 Å². The van der Waals surface area contributed by atoms with Crippen LogP contribution >= 0.6 is 0 Å². The summed E-state index contributed by atoms with van der Waals surface area (Å²) in [7, 11) is 0. The molecule has 1 amide bonds. The summed E-state index contributed by atoms with van der Waals surface area (Å²) in [6.45, 7) is 3.31. The number of nitrogens with one attached hydrogen (secondary N) is 1. The number of nitro groups is 1. The second-order valence-corrected chi connectivity index (χ2v) is 6.13. The molecule has 0 radical (unpaired) electrons. The minimum Gasteiger partial charge on any atom is -0.352 e. The molecule has 7 nitrogen and oxygen atoms in total. The summed E-state index contributed by atoms with van der Waals surface area (Å²) in [5, 5.41) is 13.5. The number of aryl methyl sites for hydroxylation is 2. The summed E-state index contributed by atoms with van der Waals surface area (Å²) in [4.78, 5) is 26.6. The van der Waals surface area contributed by atoms with Crippen LogP contribution in [0.4, 0.5) is 5.69 Å². The van der Waals surface area contributed by atoms with Crippen molar-refractivity contribution in [2.45, 2.75) is 19.9 Å². The number of nitrogens with zero attached hydrogens (tertiary/aromatic N) is 3. The van der Waals surface area contributed by atoms with E-state index in [1.165, 1.54) is 18.2 Å². The second-order valence-electron chi connectivity index (χ2n) is 6.13. The first-order valence-electron chi connectivity index (χ1n) is 8.67. The highest BCUT2D eigenvalue weighted by atomic mass is 16.6. The van der Waals surface area contributed by atoms with Crippen LogP contribution in [0.3, 0.4) is 0 Å². The van der Waals surface area contributed by atoms with E-state index >= 15 is 0 Å². The lowest BCUT2D eigenvalue weighted by Crippen LogP contribution is -2.23. The number of fused-ring (bicyclic) bond motifs is 1. The summed E-state index contributed by atoms with van der Waals surface area (Å²) >= 11 is 0. The van der Waals surface area contributed by atoms with Crippen LogP contribution in [0.5, 0.6) is 0 Å². The number of carbonyl (C=O) groups is 1. The minimum atomic E-state index is -0.453. The molecule has 0 atom stereocenters. The third-order valence-electron chi connectivity index (χ3n) is 4.23. The molecule has 1 aromatic heterocycles. The molecule has 1 heterocycles. The number of benzene rings is 2. The van der Waals surface area contributed by atoms with E-state index in [9.17, 15) is 14.9 Å². The molecule has 0 aliphatic carbocycles. The Morgan fingerprint density at radius 1 is 1.22 bits per heavy atom. The Balaban J connectivity index is 1.48. The molecule has 0 fully saturated rings. The highest BCUT2D eigenvalue weighted by molar-refractivity contribution is 5.91. The van der Waals surface area contributed by atoms with Gasteiger partial charge in [-0.25, -0.2) is 4.98 Å². The molecule has 27 heavy (non-hydrogen) atoms. The Labute approximate surface area is 156 Å². The molecular weight excluding hydrogens is 344 g/mol. The number of imidazole rings is 1. The lowest BCUT2D eigenvalue weighted by atomic mass is 10.2. The Hall–Kier alpha value is -3.48. The van der Waals surface area contributed by atoms with E-state index in [1.54, 1.807) is 18.2 Å². The molecule has 0 unspecified atom stereocenters. The summed E-state index contributed by atoms with van der Waals surface area (Å²) in [5.41, 5.74) is 2.83. The fraction of sp³-hybridized carbons (Fsp3) is 0.200. The third-order valence-corrected chi connectivity index (χ3v) is 4.23. The number of non-ortho nitro benzene ring substituents is 1. The number of aromatic nitrogens is 2. The molecule has 0 bridgehead atoms. The summed E-state index contributed by atoms with van der Waals surface area (Å²) in [6, 6.07) is 14.0. The number of para-hydroxylation sites is 2. The van der Waals surface area contributed by atoms with Crippen molar-refractivity contribution >= 4 is 28.7 Å². The van der Waals surface area contributed by atoms with Crippen LogP contribution in [0, 0.1) is 17.0 Å². The highest BCUT2D eigenvalue weighted by Gasteiger charge is 2.06. The smallest absolute Gasteiger partial charge is 0.269 e. The van der Waals surface area contributed by atoms with Crippen LogP contribution in [-0.2, 0) is 11.3 Å². The number of hydrogen-bond donors (Lipinski definition) is 1. The molecule has 3 aromatic rings. The number of carbonyl (C=O) groups excluding carboxylic acids is 1. The average molecular weight is 364 g/mol. The van der Waals surface area contributed by atoms with Gasteiger partial charge in [0, 0.05) is 31.3 Å². The van der Waals surface area contributed by atoms with Gasteiger partial charge in [0.2, 0.25) is 5.91 Å². The van der Waals surface area contributed by atoms with E-state index in [4.69, 9.17) is 0 Å². The van der Waals surface area contributed by atoms with Crippen molar-refractivity contribution in [1.29, 1.82) is 0 Å². The standard InChI is InChI=1S/C20H20N4O3/c1-15-22-18-5-2-3-6-19(18)23(15)14-4-13-21-20(25)12-9-16-7-10-17(11-8-16)24(26)27/h2-3,5-12H,4,13-14H2,1H3,(H,21,25)/b12-9+.